The highest BCUT2D eigenvalue weighted by atomic mass is 35.5. The van der Waals surface area contributed by atoms with Crippen molar-refractivity contribution >= 4 is 28.7 Å². The highest BCUT2D eigenvalue weighted by molar-refractivity contribution is 7.15. The number of nitrogens with zero attached hydrogens (tertiary/aromatic N) is 3. The molecule has 0 amide bonds. The smallest absolute Gasteiger partial charge is 0.258 e. The minimum Gasteiger partial charge on any atom is -0.330 e. The summed E-state index contributed by atoms with van der Waals surface area (Å²) in [5.41, 5.74) is 6.55. The minimum atomic E-state index is 0. The Morgan fingerprint density at radius 1 is 1.53 bits per heavy atom. The zero-order valence-electron chi connectivity index (χ0n) is 10.5. The van der Waals surface area contributed by atoms with Crippen molar-refractivity contribution in [1.82, 2.24) is 14.3 Å². The van der Waals surface area contributed by atoms with Crippen LogP contribution < -0.4 is 11.3 Å². The van der Waals surface area contributed by atoms with E-state index in [1.807, 2.05) is 5.38 Å². The largest absolute Gasteiger partial charge is 0.330 e. The fourth-order valence-electron chi connectivity index (χ4n) is 2.45. The van der Waals surface area contributed by atoms with Gasteiger partial charge in [0.1, 0.15) is 0 Å². The van der Waals surface area contributed by atoms with Crippen LogP contribution >= 0.6 is 23.7 Å². The quantitative estimate of drug-likeness (QED) is 0.917. The van der Waals surface area contributed by atoms with E-state index in [4.69, 9.17) is 5.73 Å². The van der Waals surface area contributed by atoms with Crippen molar-refractivity contribution in [1.29, 1.82) is 0 Å². The average Bonchev–Trinajstić information content (AvgIpc) is 2.97. The van der Waals surface area contributed by atoms with E-state index < -0.39 is 0 Å². The fraction of sp³-hybridized carbons (Fsp3) is 0.500. The Labute approximate surface area is 121 Å². The molecule has 0 aliphatic carbocycles. The molecule has 3 heterocycles. The van der Waals surface area contributed by atoms with Crippen molar-refractivity contribution in [2.24, 2.45) is 11.7 Å². The first-order valence-electron chi connectivity index (χ1n) is 6.14. The normalized spacial score (nSPS) is 19.7. The third-order valence-corrected chi connectivity index (χ3v) is 4.20. The molecule has 1 unspecified atom stereocenters. The standard InChI is InChI=1S/C12H16N4OS.ClH/c13-6-9-1-2-15(7-9)8-10-5-11(17)16-3-4-18-12(16)14-10;/h3-5,9H,1-2,6-8,13H2;1H. The Balaban J connectivity index is 0.00000133. The second-order valence-corrected chi connectivity index (χ2v) is 5.64. The average molecular weight is 301 g/mol. The van der Waals surface area contributed by atoms with Gasteiger partial charge in [0.25, 0.3) is 5.56 Å². The summed E-state index contributed by atoms with van der Waals surface area (Å²) in [7, 11) is 0. The van der Waals surface area contributed by atoms with Crippen molar-refractivity contribution in [3.05, 3.63) is 33.7 Å². The first kappa shape index (κ1) is 14.5. The molecule has 0 radical (unpaired) electrons. The zero-order chi connectivity index (χ0) is 12.5. The van der Waals surface area contributed by atoms with Crippen LogP contribution in [0.4, 0.5) is 0 Å². The van der Waals surface area contributed by atoms with E-state index in [-0.39, 0.29) is 18.0 Å². The molecule has 0 aromatic carbocycles. The lowest BCUT2D eigenvalue weighted by atomic mass is 10.1. The third-order valence-electron chi connectivity index (χ3n) is 3.45. The van der Waals surface area contributed by atoms with Crippen LogP contribution in [0.3, 0.4) is 0 Å². The molecule has 2 aromatic heterocycles. The van der Waals surface area contributed by atoms with E-state index in [2.05, 4.69) is 9.88 Å². The molecule has 0 spiro atoms. The van der Waals surface area contributed by atoms with E-state index in [0.717, 1.165) is 43.3 Å². The number of halogens is 1. The number of likely N-dealkylation sites (tertiary alicyclic amines) is 1. The van der Waals surface area contributed by atoms with E-state index in [0.29, 0.717) is 5.92 Å². The lowest BCUT2D eigenvalue weighted by Gasteiger charge is -2.14. The van der Waals surface area contributed by atoms with Crippen LogP contribution in [0.25, 0.3) is 4.96 Å². The summed E-state index contributed by atoms with van der Waals surface area (Å²) in [5.74, 6) is 0.594. The van der Waals surface area contributed by atoms with Crippen molar-refractivity contribution < 1.29 is 0 Å². The van der Waals surface area contributed by atoms with Gasteiger partial charge in [-0.15, -0.1) is 23.7 Å². The van der Waals surface area contributed by atoms with Gasteiger partial charge in [-0.2, -0.15) is 0 Å². The SMILES string of the molecule is Cl.NCC1CCN(Cc2cc(=O)n3ccsc3n2)C1. The molecule has 2 aromatic rings. The molecular formula is C12H17ClN4OS. The monoisotopic (exact) mass is 300 g/mol. The number of aromatic nitrogens is 2. The van der Waals surface area contributed by atoms with Gasteiger partial charge >= 0.3 is 0 Å². The lowest BCUT2D eigenvalue weighted by Crippen LogP contribution is -2.24. The van der Waals surface area contributed by atoms with Crippen LogP contribution in [0.5, 0.6) is 0 Å². The van der Waals surface area contributed by atoms with E-state index in [9.17, 15) is 4.79 Å². The first-order chi connectivity index (χ1) is 8.76. The van der Waals surface area contributed by atoms with Crippen LogP contribution in [0.1, 0.15) is 12.1 Å². The number of hydrogen-bond acceptors (Lipinski definition) is 5. The van der Waals surface area contributed by atoms with Crippen molar-refractivity contribution in [3.63, 3.8) is 0 Å². The van der Waals surface area contributed by atoms with Crippen molar-refractivity contribution in [3.8, 4) is 0 Å². The molecule has 0 saturated carbocycles. The predicted molar refractivity (Wildman–Crippen MR) is 79.0 cm³/mol. The fourth-order valence-corrected chi connectivity index (χ4v) is 3.19. The number of thiazole rings is 1. The highest BCUT2D eigenvalue weighted by Crippen LogP contribution is 2.17. The predicted octanol–water partition coefficient (Wildman–Crippen LogP) is 0.958. The molecule has 1 aliphatic rings. The van der Waals surface area contributed by atoms with E-state index in [1.165, 1.54) is 11.3 Å². The van der Waals surface area contributed by atoms with Gasteiger partial charge in [-0.1, -0.05) is 0 Å². The molecular weight excluding hydrogens is 284 g/mol. The number of hydrogen-bond donors (Lipinski definition) is 1. The Bertz CT molecular complexity index is 611. The molecule has 1 saturated heterocycles. The van der Waals surface area contributed by atoms with Gasteiger partial charge in [-0.25, -0.2) is 4.98 Å². The summed E-state index contributed by atoms with van der Waals surface area (Å²) >= 11 is 1.49. The van der Waals surface area contributed by atoms with Crippen LogP contribution in [-0.4, -0.2) is 33.9 Å². The Kier molecular flexibility index (Phi) is 4.57. The lowest BCUT2D eigenvalue weighted by molar-refractivity contribution is 0.314. The van der Waals surface area contributed by atoms with Gasteiger partial charge < -0.3 is 5.73 Å². The Morgan fingerprint density at radius 3 is 3.11 bits per heavy atom. The van der Waals surface area contributed by atoms with Gasteiger partial charge in [0.2, 0.25) is 0 Å². The number of fused-ring (bicyclic) bond motifs is 1. The second-order valence-electron chi connectivity index (χ2n) is 4.77. The first-order valence-corrected chi connectivity index (χ1v) is 7.02. The van der Waals surface area contributed by atoms with Gasteiger partial charge in [-0.3, -0.25) is 14.1 Å². The maximum absolute atomic E-state index is 11.8. The molecule has 7 heteroatoms. The molecule has 3 rings (SSSR count). The second kappa shape index (κ2) is 6.00. The third kappa shape index (κ3) is 2.97. The molecule has 0 bridgehead atoms. The highest BCUT2D eigenvalue weighted by Gasteiger charge is 2.21. The van der Waals surface area contributed by atoms with Crippen LogP contribution in [0, 0.1) is 5.92 Å². The summed E-state index contributed by atoms with van der Waals surface area (Å²) in [5, 5.41) is 1.88. The molecule has 1 aliphatic heterocycles. The van der Waals surface area contributed by atoms with Crippen molar-refractivity contribution in [2.45, 2.75) is 13.0 Å². The van der Waals surface area contributed by atoms with Gasteiger partial charge in [0.05, 0.1) is 5.69 Å². The Morgan fingerprint density at radius 2 is 2.37 bits per heavy atom. The molecule has 1 fully saturated rings. The van der Waals surface area contributed by atoms with Crippen LogP contribution in [0.15, 0.2) is 22.4 Å². The number of nitrogens with two attached hydrogens (primary N) is 1. The molecule has 19 heavy (non-hydrogen) atoms. The van der Waals surface area contributed by atoms with Crippen molar-refractivity contribution in [2.75, 3.05) is 19.6 Å². The van der Waals surface area contributed by atoms with Crippen LogP contribution in [0.2, 0.25) is 0 Å². The molecule has 5 nitrogen and oxygen atoms in total. The Hall–Kier alpha value is -0.950. The summed E-state index contributed by atoms with van der Waals surface area (Å²) in [6.07, 6.45) is 2.91. The molecule has 104 valence electrons. The zero-order valence-corrected chi connectivity index (χ0v) is 12.1. The minimum absolute atomic E-state index is 0. The summed E-state index contributed by atoms with van der Waals surface area (Å²) in [4.78, 5) is 19.5. The summed E-state index contributed by atoms with van der Waals surface area (Å²) in [6.45, 7) is 3.56. The molecule has 1 atom stereocenters. The summed E-state index contributed by atoms with van der Waals surface area (Å²) in [6, 6.07) is 1.63. The van der Waals surface area contributed by atoms with E-state index >= 15 is 0 Å². The van der Waals surface area contributed by atoms with Gasteiger partial charge in [0.15, 0.2) is 4.96 Å². The summed E-state index contributed by atoms with van der Waals surface area (Å²) < 4.78 is 1.58. The maximum Gasteiger partial charge on any atom is 0.258 e. The van der Waals surface area contributed by atoms with Crippen LogP contribution in [-0.2, 0) is 6.54 Å². The van der Waals surface area contributed by atoms with Gasteiger partial charge in [0, 0.05) is 30.7 Å². The van der Waals surface area contributed by atoms with Gasteiger partial charge in [-0.05, 0) is 25.4 Å². The molecule has 2 N–H and O–H groups in total. The number of rotatable bonds is 3. The van der Waals surface area contributed by atoms with E-state index in [1.54, 1.807) is 16.7 Å². The maximum atomic E-state index is 11.8. The topological polar surface area (TPSA) is 63.6 Å².